The van der Waals surface area contributed by atoms with Gasteiger partial charge in [-0.2, -0.15) is 5.10 Å². The molecule has 1 aromatic rings. The molecule has 0 aliphatic rings. The summed E-state index contributed by atoms with van der Waals surface area (Å²) < 4.78 is 31.3. The summed E-state index contributed by atoms with van der Waals surface area (Å²) in [6.45, 7) is 6.35. The zero-order valence-corrected chi connectivity index (χ0v) is 11.4. The Morgan fingerprint density at radius 1 is 1.47 bits per heavy atom. The average molecular weight is 261 g/mol. The highest BCUT2D eigenvalue weighted by atomic mass is 32.2. The summed E-state index contributed by atoms with van der Waals surface area (Å²) in [7, 11) is -2.01. The van der Waals surface area contributed by atoms with Crippen LogP contribution in [0.3, 0.4) is 0 Å². The van der Waals surface area contributed by atoms with Gasteiger partial charge in [-0.15, -0.1) is 0 Å². The average Bonchev–Trinajstić information content (AvgIpc) is 2.66. The molecule has 0 bridgehead atoms. The van der Waals surface area contributed by atoms with Crippen LogP contribution in [0.2, 0.25) is 0 Å². The smallest absolute Gasteiger partial charge is 0.244 e. The number of nitrogens with zero attached hydrogens (tertiary/aromatic N) is 1. The van der Waals surface area contributed by atoms with Crippen LogP contribution in [0.1, 0.15) is 26.5 Å². The standard InChI is InChI=1S/C10H19N3O3S/c1-10(2,3)9-8(7-11-13-9)17(14,15)12-5-6-16-4/h7,12H,5-6H2,1-4H3,(H,11,13). The van der Waals surface area contributed by atoms with Crippen molar-refractivity contribution in [2.24, 2.45) is 0 Å². The van der Waals surface area contributed by atoms with Crippen molar-refractivity contribution in [2.45, 2.75) is 31.1 Å². The minimum Gasteiger partial charge on any atom is -0.383 e. The molecule has 1 aromatic heterocycles. The topological polar surface area (TPSA) is 84.1 Å². The minimum absolute atomic E-state index is 0.195. The summed E-state index contributed by atoms with van der Waals surface area (Å²) in [6.07, 6.45) is 1.33. The van der Waals surface area contributed by atoms with Crippen LogP contribution < -0.4 is 4.72 Å². The van der Waals surface area contributed by atoms with E-state index in [4.69, 9.17) is 4.74 Å². The van der Waals surface area contributed by atoms with Crippen molar-refractivity contribution < 1.29 is 13.2 Å². The van der Waals surface area contributed by atoms with Gasteiger partial charge in [-0.3, -0.25) is 5.10 Å². The SMILES string of the molecule is COCCNS(=O)(=O)c1cn[nH]c1C(C)(C)C. The van der Waals surface area contributed by atoms with Crippen LogP contribution in [0.25, 0.3) is 0 Å². The normalized spacial score (nSPS) is 12.9. The number of methoxy groups -OCH3 is 1. The van der Waals surface area contributed by atoms with Gasteiger partial charge >= 0.3 is 0 Å². The van der Waals surface area contributed by atoms with Crippen LogP contribution in [0, 0.1) is 0 Å². The molecule has 98 valence electrons. The van der Waals surface area contributed by atoms with Gasteiger partial charge in [-0.25, -0.2) is 13.1 Å². The highest BCUT2D eigenvalue weighted by Gasteiger charge is 2.27. The Balaban J connectivity index is 2.96. The third kappa shape index (κ3) is 3.52. The van der Waals surface area contributed by atoms with E-state index in [-0.39, 0.29) is 16.9 Å². The molecule has 1 rings (SSSR count). The number of H-pyrrole nitrogens is 1. The van der Waals surface area contributed by atoms with Gasteiger partial charge < -0.3 is 4.74 Å². The maximum atomic E-state index is 12.0. The first-order valence-corrected chi connectivity index (χ1v) is 6.80. The summed E-state index contributed by atoms with van der Waals surface area (Å²) in [4.78, 5) is 0.195. The summed E-state index contributed by atoms with van der Waals surface area (Å²) in [5.41, 5.74) is 0.296. The van der Waals surface area contributed by atoms with E-state index >= 15 is 0 Å². The lowest BCUT2D eigenvalue weighted by molar-refractivity contribution is 0.204. The number of ether oxygens (including phenoxy) is 1. The molecule has 6 nitrogen and oxygen atoms in total. The Kier molecular flexibility index (Phi) is 4.29. The van der Waals surface area contributed by atoms with Crippen LogP contribution in [0.5, 0.6) is 0 Å². The maximum absolute atomic E-state index is 12.0. The van der Waals surface area contributed by atoms with E-state index in [0.717, 1.165) is 0 Å². The van der Waals surface area contributed by atoms with Crippen molar-refractivity contribution in [3.63, 3.8) is 0 Å². The highest BCUT2D eigenvalue weighted by Crippen LogP contribution is 2.26. The molecule has 1 heterocycles. The Labute approximate surface area is 102 Å². The molecule has 7 heteroatoms. The van der Waals surface area contributed by atoms with Gasteiger partial charge in [0.25, 0.3) is 0 Å². The Morgan fingerprint density at radius 2 is 2.12 bits per heavy atom. The number of aromatic nitrogens is 2. The molecule has 0 aliphatic heterocycles. The molecule has 0 unspecified atom stereocenters. The van der Waals surface area contributed by atoms with Gasteiger partial charge in [0, 0.05) is 19.1 Å². The van der Waals surface area contributed by atoms with E-state index in [1.54, 1.807) is 0 Å². The maximum Gasteiger partial charge on any atom is 0.244 e. The minimum atomic E-state index is -3.53. The zero-order valence-electron chi connectivity index (χ0n) is 10.6. The Morgan fingerprint density at radius 3 is 2.65 bits per heavy atom. The molecular weight excluding hydrogens is 242 g/mol. The van der Waals surface area contributed by atoms with E-state index in [1.807, 2.05) is 20.8 Å². The molecule has 0 amide bonds. The molecule has 2 N–H and O–H groups in total. The highest BCUT2D eigenvalue weighted by molar-refractivity contribution is 7.89. The zero-order chi connectivity index (χ0) is 13.1. The van der Waals surface area contributed by atoms with Gasteiger partial charge in [0.1, 0.15) is 4.90 Å². The van der Waals surface area contributed by atoms with E-state index in [2.05, 4.69) is 14.9 Å². The fourth-order valence-electron chi connectivity index (χ4n) is 1.37. The van der Waals surface area contributed by atoms with Crippen molar-refractivity contribution in [3.8, 4) is 0 Å². The van der Waals surface area contributed by atoms with E-state index in [9.17, 15) is 8.42 Å². The molecule has 0 radical (unpaired) electrons. The largest absolute Gasteiger partial charge is 0.383 e. The number of nitrogens with one attached hydrogen (secondary N) is 2. The summed E-state index contributed by atoms with van der Waals surface area (Å²) >= 11 is 0. The first-order valence-electron chi connectivity index (χ1n) is 5.31. The number of hydrogen-bond donors (Lipinski definition) is 2. The van der Waals surface area contributed by atoms with Crippen LogP contribution in [-0.4, -0.2) is 38.9 Å². The van der Waals surface area contributed by atoms with Crippen molar-refractivity contribution >= 4 is 10.0 Å². The second kappa shape index (κ2) is 5.16. The third-order valence-corrected chi connectivity index (χ3v) is 3.72. The molecule has 0 atom stereocenters. The molecule has 0 saturated heterocycles. The van der Waals surface area contributed by atoms with Crippen LogP contribution in [0.4, 0.5) is 0 Å². The lowest BCUT2D eigenvalue weighted by atomic mass is 9.92. The van der Waals surface area contributed by atoms with Crippen molar-refractivity contribution in [2.75, 3.05) is 20.3 Å². The Hall–Kier alpha value is -0.920. The summed E-state index contributed by atoms with van der Waals surface area (Å²) in [5.74, 6) is 0. The van der Waals surface area contributed by atoms with Crippen molar-refractivity contribution in [1.82, 2.24) is 14.9 Å². The van der Waals surface area contributed by atoms with Gasteiger partial charge in [0.05, 0.1) is 18.5 Å². The predicted molar refractivity (Wildman–Crippen MR) is 64.4 cm³/mol. The van der Waals surface area contributed by atoms with Crippen LogP contribution in [-0.2, 0) is 20.2 Å². The quantitative estimate of drug-likeness (QED) is 0.761. The van der Waals surface area contributed by atoms with Crippen LogP contribution in [0.15, 0.2) is 11.1 Å². The number of hydrogen-bond acceptors (Lipinski definition) is 4. The Bertz CT molecular complexity index is 459. The number of rotatable bonds is 5. The fourth-order valence-corrected chi connectivity index (χ4v) is 2.69. The van der Waals surface area contributed by atoms with Crippen LogP contribution >= 0.6 is 0 Å². The predicted octanol–water partition coefficient (Wildman–Crippen LogP) is 0.632. The molecule has 0 spiro atoms. The first kappa shape index (κ1) is 14.1. The van der Waals surface area contributed by atoms with E-state index < -0.39 is 10.0 Å². The first-order chi connectivity index (χ1) is 7.79. The van der Waals surface area contributed by atoms with Crippen molar-refractivity contribution in [1.29, 1.82) is 0 Å². The van der Waals surface area contributed by atoms with E-state index in [0.29, 0.717) is 12.3 Å². The number of sulfonamides is 1. The third-order valence-electron chi connectivity index (χ3n) is 2.24. The van der Waals surface area contributed by atoms with Gasteiger partial charge in [-0.1, -0.05) is 20.8 Å². The van der Waals surface area contributed by atoms with Gasteiger partial charge in [0.15, 0.2) is 0 Å². The van der Waals surface area contributed by atoms with Gasteiger partial charge in [-0.05, 0) is 0 Å². The lowest BCUT2D eigenvalue weighted by Crippen LogP contribution is -2.29. The monoisotopic (exact) mass is 261 g/mol. The van der Waals surface area contributed by atoms with E-state index in [1.165, 1.54) is 13.3 Å². The molecule has 0 aliphatic carbocycles. The second-order valence-corrected chi connectivity index (χ2v) is 6.49. The lowest BCUT2D eigenvalue weighted by Gasteiger charge is -2.18. The summed E-state index contributed by atoms with van der Waals surface area (Å²) in [6, 6.07) is 0. The fraction of sp³-hybridized carbons (Fsp3) is 0.700. The molecular formula is C10H19N3O3S. The summed E-state index contributed by atoms with van der Waals surface area (Å²) in [5, 5.41) is 6.55. The molecule has 0 fully saturated rings. The van der Waals surface area contributed by atoms with Gasteiger partial charge in [0.2, 0.25) is 10.0 Å². The molecule has 0 saturated carbocycles. The molecule has 0 aromatic carbocycles. The number of aromatic amines is 1. The molecule has 17 heavy (non-hydrogen) atoms. The van der Waals surface area contributed by atoms with Crippen molar-refractivity contribution in [3.05, 3.63) is 11.9 Å². The second-order valence-electron chi connectivity index (χ2n) is 4.75.